The summed E-state index contributed by atoms with van der Waals surface area (Å²) in [5.74, 6) is -0.809. The summed E-state index contributed by atoms with van der Waals surface area (Å²) in [6.45, 7) is 1.51. The summed E-state index contributed by atoms with van der Waals surface area (Å²) in [7, 11) is 0. The van der Waals surface area contributed by atoms with Gasteiger partial charge in [0.2, 0.25) is 0 Å². The summed E-state index contributed by atoms with van der Waals surface area (Å²) in [4.78, 5) is 12.6. The lowest BCUT2D eigenvalue weighted by Gasteiger charge is -2.33. The van der Waals surface area contributed by atoms with Crippen molar-refractivity contribution >= 4 is 29.3 Å². The molecule has 3 rings (SSSR count). The Labute approximate surface area is 173 Å². The minimum absolute atomic E-state index is 0.0726. The van der Waals surface area contributed by atoms with Crippen molar-refractivity contribution in [1.82, 2.24) is 0 Å². The summed E-state index contributed by atoms with van der Waals surface area (Å²) in [5, 5.41) is 19.6. The molecule has 3 atom stereocenters. The second-order valence-electron chi connectivity index (χ2n) is 6.78. The number of aliphatic hydroxyl groups is 2. The number of hydrogen-bond acceptors (Lipinski definition) is 7. The molecule has 0 radical (unpaired) electrons. The summed E-state index contributed by atoms with van der Waals surface area (Å²) in [5.41, 5.74) is 1.57. The first kappa shape index (κ1) is 21.6. The average Bonchev–Trinajstić information content (AvgIpc) is 3.04. The Morgan fingerprint density at radius 2 is 2.04 bits per heavy atom. The van der Waals surface area contributed by atoms with E-state index >= 15 is 0 Å². The van der Waals surface area contributed by atoms with Gasteiger partial charge in [-0.1, -0.05) is 23.7 Å². The van der Waals surface area contributed by atoms with Gasteiger partial charge in [0.1, 0.15) is 12.2 Å². The van der Waals surface area contributed by atoms with Crippen LogP contribution >= 0.6 is 23.4 Å². The van der Waals surface area contributed by atoms with Crippen molar-refractivity contribution in [1.29, 1.82) is 0 Å². The van der Waals surface area contributed by atoms with Crippen LogP contribution in [-0.4, -0.2) is 59.2 Å². The van der Waals surface area contributed by atoms with Crippen molar-refractivity contribution in [2.24, 2.45) is 0 Å². The van der Waals surface area contributed by atoms with Gasteiger partial charge in [-0.2, -0.15) is 0 Å². The molecule has 2 N–H and O–H groups in total. The molecule has 1 unspecified atom stereocenters. The lowest BCUT2D eigenvalue weighted by atomic mass is 9.94. The van der Waals surface area contributed by atoms with E-state index in [1.54, 1.807) is 24.8 Å². The van der Waals surface area contributed by atoms with Crippen LogP contribution in [0.4, 0.5) is 0 Å². The molecule has 2 aliphatic rings. The lowest BCUT2D eigenvalue weighted by Crippen LogP contribution is -2.37. The zero-order valence-electron chi connectivity index (χ0n) is 15.7. The Kier molecular flexibility index (Phi) is 7.42. The monoisotopic (exact) mass is 428 g/mol. The fourth-order valence-electron chi connectivity index (χ4n) is 3.48. The maximum Gasteiger partial charge on any atom is 0.335 e. The van der Waals surface area contributed by atoms with Gasteiger partial charge in [0.25, 0.3) is 0 Å². The number of esters is 1. The molecule has 8 heteroatoms. The van der Waals surface area contributed by atoms with Gasteiger partial charge in [0, 0.05) is 22.4 Å². The lowest BCUT2D eigenvalue weighted by molar-refractivity contribution is -0.154. The SMILES string of the molecule is CCOC(=O)C1=CC2(CCC1SCc1cccc(Cl)c1)O[C@H](CO)[C@@H](CO)O2. The summed E-state index contributed by atoms with van der Waals surface area (Å²) >= 11 is 7.69. The second kappa shape index (κ2) is 9.61. The van der Waals surface area contributed by atoms with Crippen LogP contribution in [0.1, 0.15) is 25.3 Å². The van der Waals surface area contributed by atoms with Gasteiger partial charge in [-0.25, -0.2) is 4.79 Å². The molecule has 1 aromatic rings. The van der Waals surface area contributed by atoms with E-state index in [0.717, 1.165) is 5.56 Å². The van der Waals surface area contributed by atoms with Crippen LogP contribution in [0, 0.1) is 0 Å². The third-order valence-electron chi connectivity index (χ3n) is 4.80. The molecule has 28 heavy (non-hydrogen) atoms. The third kappa shape index (κ3) is 4.90. The van der Waals surface area contributed by atoms with E-state index in [4.69, 9.17) is 25.8 Å². The first-order valence-electron chi connectivity index (χ1n) is 9.33. The number of benzene rings is 1. The fraction of sp³-hybridized carbons (Fsp3) is 0.550. The van der Waals surface area contributed by atoms with Gasteiger partial charge in [-0.3, -0.25) is 0 Å². The van der Waals surface area contributed by atoms with Crippen molar-refractivity contribution in [3.05, 3.63) is 46.5 Å². The van der Waals surface area contributed by atoms with E-state index in [2.05, 4.69) is 0 Å². The number of hydrogen-bond donors (Lipinski definition) is 2. The minimum Gasteiger partial charge on any atom is -0.463 e. The van der Waals surface area contributed by atoms with Crippen molar-refractivity contribution in [3.63, 3.8) is 0 Å². The maximum atomic E-state index is 12.6. The Morgan fingerprint density at radius 1 is 1.32 bits per heavy atom. The van der Waals surface area contributed by atoms with E-state index < -0.39 is 24.0 Å². The third-order valence-corrected chi connectivity index (χ3v) is 6.43. The number of carbonyl (C=O) groups is 1. The van der Waals surface area contributed by atoms with Crippen molar-refractivity contribution < 1.29 is 29.2 Å². The summed E-state index contributed by atoms with van der Waals surface area (Å²) < 4.78 is 17.0. The van der Waals surface area contributed by atoms with Gasteiger partial charge in [0.05, 0.1) is 25.4 Å². The molecule has 0 saturated carbocycles. The number of rotatable bonds is 7. The molecule has 0 aromatic heterocycles. The van der Waals surface area contributed by atoms with E-state index in [9.17, 15) is 15.0 Å². The molecule has 0 bridgehead atoms. The Morgan fingerprint density at radius 3 is 2.64 bits per heavy atom. The molecule has 1 saturated heterocycles. The number of ether oxygens (including phenoxy) is 3. The standard InChI is InChI=1S/C20H25ClO6S/c1-2-25-19(24)15-9-20(26-16(10-22)17(11-23)27-20)7-6-18(15)28-12-13-4-3-5-14(21)8-13/h3-5,8-9,16-18,22-23H,2,6-7,10-12H2,1H3/t16-,17-,18?/m1/s1. The predicted octanol–water partition coefficient (Wildman–Crippen LogP) is 2.69. The molecular formula is C20H25ClO6S. The molecule has 154 valence electrons. The van der Waals surface area contributed by atoms with Crippen molar-refractivity contribution in [2.75, 3.05) is 19.8 Å². The number of halogens is 1. The summed E-state index contributed by atoms with van der Waals surface area (Å²) in [6.07, 6.45) is 1.59. The first-order chi connectivity index (χ1) is 13.5. The number of aliphatic hydroxyl groups excluding tert-OH is 2. The molecule has 0 amide bonds. The van der Waals surface area contributed by atoms with Crippen LogP contribution in [0.5, 0.6) is 0 Å². The van der Waals surface area contributed by atoms with Crippen LogP contribution in [0.3, 0.4) is 0 Å². The summed E-state index contributed by atoms with van der Waals surface area (Å²) in [6, 6.07) is 7.64. The molecular weight excluding hydrogens is 404 g/mol. The fourth-order valence-corrected chi connectivity index (χ4v) is 4.89. The van der Waals surface area contributed by atoms with Gasteiger partial charge >= 0.3 is 5.97 Å². The molecule has 1 aromatic carbocycles. The van der Waals surface area contributed by atoms with Crippen LogP contribution in [0.2, 0.25) is 5.02 Å². The van der Waals surface area contributed by atoms with Gasteiger partial charge in [-0.15, -0.1) is 11.8 Å². The van der Waals surface area contributed by atoms with E-state index in [1.165, 1.54) is 0 Å². The zero-order chi connectivity index (χ0) is 20.1. The minimum atomic E-state index is -1.12. The van der Waals surface area contributed by atoms with E-state index in [0.29, 0.717) is 29.2 Å². The number of thioether (sulfide) groups is 1. The highest BCUT2D eigenvalue weighted by molar-refractivity contribution is 7.99. The smallest absolute Gasteiger partial charge is 0.335 e. The molecule has 1 spiro atoms. The number of carbonyl (C=O) groups excluding carboxylic acids is 1. The normalized spacial score (nSPS) is 26.3. The highest BCUT2D eigenvalue weighted by Gasteiger charge is 2.49. The molecule has 6 nitrogen and oxygen atoms in total. The molecule has 1 fully saturated rings. The molecule has 1 aliphatic heterocycles. The van der Waals surface area contributed by atoms with Crippen LogP contribution in [0.15, 0.2) is 35.9 Å². The van der Waals surface area contributed by atoms with Crippen LogP contribution < -0.4 is 0 Å². The molecule has 1 aliphatic carbocycles. The Bertz CT molecular complexity index is 712. The van der Waals surface area contributed by atoms with Gasteiger partial charge in [-0.05, 0) is 37.1 Å². The van der Waals surface area contributed by atoms with Crippen molar-refractivity contribution in [2.45, 2.75) is 48.8 Å². The quantitative estimate of drug-likeness (QED) is 0.646. The average molecular weight is 429 g/mol. The van der Waals surface area contributed by atoms with E-state index in [-0.39, 0.29) is 25.1 Å². The zero-order valence-corrected chi connectivity index (χ0v) is 17.2. The second-order valence-corrected chi connectivity index (χ2v) is 8.41. The highest BCUT2D eigenvalue weighted by Crippen LogP contribution is 2.43. The predicted molar refractivity (Wildman–Crippen MR) is 107 cm³/mol. The maximum absolute atomic E-state index is 12.6. The first-order valence-corrected chi connectivity index (χ1v) is 10.8. The largest absolute Gasteiger partial charge is 0.463 e. The van der Waals surface area contributed by atoms with Crippen LogP contribution in [0.25, 0.3) is 0 Å². The molecule has 1 heterocycles. The Balaban J connectivity index is 1.79. The van der Waals surface area contributed by atoms with Gasteiger partial charge in [0.15, 0.2) is 5.79 Å². The van der Waals surface area contributed by atoms with E-state index in [1.807, 2.05) is 24.3 Å². The van der Waals surface area contributed by atoms with Crippen molar-refractivity contribution in [3.8, 4) is 0 Å². The highest BCUT2D eigenvalue weighted by atomic mass is 35.5. The topological polar surface area (TPSA) is 85.2 Å². The van der Waals surface area contributed by atoms with Gasteiger partial charge < -0.3 is 24.4 Å². The Hall–Kier alpha value is -1.09. The van der Waals surface area contributed by atoms with Crippen LogP contribution in [-0.2, 0) is 24.8 Å².